The lowest BCUT2D eigenvalue weighted by molar-refractivity contribution is -0.123. The molecule has 0 saturated heterocycles. The van der Waals surface area contributed by atoms with Crippen LogP contribution in [0.1, 0.15) is 46.0 Å². The fourth-order valence-corrected chi connectivity index (χ4v) is 3.22. The Morgan fingerprint density at radius 1 is 1.14 bits per heavy atom. The monoisotopic (exact) mass is 410 g/mol. The first kappa shape index (κ1) is 21.6. The number of amides is 1. The molecule has 0 saturated carbocycles. The molecule has 0 aliphatic heterocycles. The zero-order chi connectivity index (χ0) is 21.0. The van der Waals surface area contributed by atoms with Crippen LogP contribution in [0.4, 0.5) is 14.5 Å². The van der Waals surface area contributed by atoms with Gasteiger partial charge in [0.05, 0.1) is 0 Å². The van der Waals surface area contributed by atoms with Crippen LogP contribution in [0.25, 0.3) is 0 Å². The summed E-state index contributed by atoms with van der Waals surface area (Å²) in [4.78, 5) is 39.4. The van der Waals surface area contributed by atoms with E-state index < -0.39 is 23.7 Å². The van der Waals surface area contributed by atoms with Gasteiger partial charge >= 0.3 is 5.97 Å². The SMILES string of the molecule is CC(=O)c1c(C)[nH]c(C(=O)O[C@H](C)C(=O)Nc2ccc(SC(F)F)cc2)c1C. The summed E-state index contributed by atoms with van der Waals surface area (Å²) in [5.41, 5.74) is 1.95. The lowest BCUT2D eigenvalue weighted by Gasteiger charge is -2.13. The Hall–Kier alpha value is -2.68. The standard InChI is InChI=1S/C19H20F2N2O4S/c1-9-15(11(3)24)10(2)22-16(9)18(26)27-12(4)17(25)23-13-5-7-14(8-6-13)28-19(20)21/h5-8,12,19,22H,1-4H3,(H,23,25)/t12-/m1/s1. The summed E-state index contributed by atoms with van der Waals surface area (Å²) >= 11 is 0.402. The maximum atomic E-state index is 12.3. The number of aromatic amines is 1. The number of benzene rings is 1. The van der Waals surface area contributed by atoms with Crippen molar-refractivity contribution in [2.45, 2.75) is 44.5 Å². The summed E-state index contributed by atoms with van der Waals surface area (Å²) in [6.45, 7) is 6.11. The lowest BCUT2D eigenvalue weighted by atomic mass is 10.1. The first-order chi connectivity index (χ1) is 13.1. The molecule has 2 N–H and O–H groups in total. The summed E-state index contributed by atoms with van der Waals surface area (Å²) in [6.07, 6.45) is -1.11. The Kier molecular flexibility index (Phi) is 6.95. The van der Waals surface area contributed by atoms with Crippen LogP contribution in [0, 0.1) is 13.8 Å². The third-order valence-electron chi connectivity index (χ3n) is 3.99. The van der Waals surface area contributed by atoms with Crippen LogP contribution < -0.4 is 5.32 Å². The molecule has 0 radical (unpaired) electrons. The van der Waals surface area contributed by atoms with Crippen LogP contribution >= 0.6 is 11.8 Å². The number of rotatable bonds is 7. The van der Waals surface area contributed by atoms with E-state index in [1.54, 1.807) is 13.8 Å². The molecule has 0 spiro atoms. The highest BCUT2D eigenvalue weighted by Crippen LogP contribution is 2.26. The molecule has 1 aromatic carbocycles. The van der Waals surface area contributed by atoms with Crippen molar-refractivity contribution in [3.05, 3.63) is 46.8 Å². The number of carbonyl (C=O) groups excluding carboxylic acids is 3. The zero-order valence-corrected chi connectivity index (χ0v) is 16.6. The molecule has 0 bridgehead atoms. The van der Waals surface area contributed by atoms with Crippen LogP contribution in [0.2, 0.25) is 0 Å². The van der Waals surface area contributed by atoms with Crippen LogP contribution in [0.15, 0.2) is 29.2 Å². The third kappa shape index (κ3) is 5.19. The molecule has 1 heterocycles. The fraction of sp³-hybridized carbons (Fsp3) is 0.316. The highest BCUT2D eigenvalue weighted by molar-refractivity contribution is 7.99. The molecule has 9 heteroatoms. The smallest absolute Gasteiger partial charge is 0.355 e. The molecule has 0 fully saturated rings. The van der Waals surface area contributed by atoms with Gasteiger partial charge in [-0.1, -0.05) is 11.8 Å². The van der Waals surface area contributed by atoms with Crippen molar-refractivity contribution in [2.75, 3.05) is 5.32 Å². The van der Waals surface area contributed by atoms with E-state index in [0.29, 0.717) is 39.2 Å². The van der Waals surface area contributed by atoms with Crippen molar-refractivity contribution in [1.29, 1.82) is 0 Å². The molecule has 0 aliphatic rings. The topological polar surface area (TPSA) is 88.3 Å². The molecule has 6 nitrogen and oxygen atoms in total. The van der Waals surface area contributed by atoms with Gasteiger partial charge in [0.15, 0.2) is 11.9 Å². The first-order valence-electron chi connectivity index (χ1n) is 8.37. The lowest BCUT2D eigenvalue weighted by Crippen LogP contribution is -2.30. The van der Waals surface area contributed by atoms with Crippen molar-refractivity contribution in [2.24, 2.45) is 0 Å². The minimum absolute atomic E-state index is 0.121. The number of H-pyrrole nitrogens is 1. The molecule has 2 rings (SSSR count). The van der Waals surface area contributed by atoms with Gasteiger partial charge in [-0.25, -0.2) is 4.79 Å². The predicted molar refractivity (Wildman–Crippen MR) is 102 cm³/mol. The second-order valence-electron chi connectivity index (χ2n) is 6.12. The van der Waals surface area contributed by atoms with Crippen LogP contribution in [-0.2, 0) is 9.53 Å². The van der Waals surface area contributed by atoms with Gasteiger partial charge in [-0.2, -0.15) is 8.78 Å². The minimum Gasteiger partial charge on any atom is -0.448 e. The summed E-state index contributed by atoms with van der Waals surface area (Å²) in [6, 6.07) is 5.87. The number of aryl methyl sites for hydroxylation is 1. The maximum Gasteiger partial charge on any atom is 0.355 e. The second-order valence-corrected chi connectivity index (χ2v) is 7.18. The second kappa shape index (κ2) is 9.01. The number of nitrogens with one attached hydrogen (secondary N) is 2. The molecular weight excluding hydrogens is 390 g/mol. The average molecular weight is 410 g/mol. The van der Waals surface area contributed by atoms with E-state index in [1.807, 2.05) is 0 Å². The van der Waals surface area contributed by atoms with Crippen LogP contribution in [0.5, 0.6) is 0 Å². The van der Waals surface area contributed by atoms with E-state index in [2.05, 4.69) is 10.3 Å². The van der Waals surface area contributed by atoms with E-state index in [1.165, 1.54) is 38.1 Å². The van der Waals surface area contributed by atoms with E-state index in [-0.39, 0.29) is 11.5 Å². The van der Waals surface area contributed by atoms with E-state index >= 15 is 0 Å². The number of Topliss-reactive ketones (excluding diaryl/α,β-unsaturated/α-hetero) is 1. The molecule has 1 atom stereocenters. The maximum absolute atomic E-state index is 12.3. The average Bonchev–Trinajstić information content (AvgIpc) is 2.90. The van der Waals surface area contributed by atoms with Crippen LogP contribution in [0.3, 0.4) is 0 Å². The highest BCUT2D eigenvalue weighted by atomic mass is 32.2. The molecule has 28 heavy (non-hydrogen) atoms. The summed E-state index contributed by atoms with van der Waals surface area (Å²) in [5, 5.41) is 2.55. The van der Waals surface area contributed by atoms with Gasteiger partial charge in [0.25, 0.3) is 11.7 Å². The number of thioether (sulfide) groups is 1. The van der Waals surface area contributed by atoms with Crippen molar-refractivity contribution in [1.82, 2.24) is 4.98 Å². The van der Waals surface area contributed by atoms with Gasteiger partial charge in [0, 0.05) is 21.8 Å². The minimum atomic E-state index is -2.52. The number of aromatic nitrogens is 1. The Labute approximate surface area is 165 Å². The fourth-order valence-electron chi connectivity index (χ4n) is 2.72. The van der Waals surface area contributed by atoms with Gasteiger partial charge in [0.2, 0.25) is 0 Å². The van der Waals surface area contributed by atoms with Gasteiger partial charge in [0.1, 0.15) is 5.69 Å². The number of carbonyl (C=O) groups is 3. The number of ether oxygens (including phenoxy) is 1. The van der Waals surface area contributed by atoms with Gasteiger partial charge < -0.3 is 15.0 Å². The van der Waals surface area contributed by atoms with Gasteiger partial charge in [-0.3, -0.25) is 9.59 Å². The van der Waals surface area contributed by atoms with Gasteiger partial charge in [-0.15, -0.1) is 0 Å². The summed E-state index contributed by atoms with van der Waals surface area (Å²) < 4.78 is 29.8. The van der Waals surface area contributed by atoms with E-state index in [0.717, 1.165) is 0 Å². The van der Waals surface area contributed by atoms with E-state index in [9.17, 15) is 23.2 Å². The Morgan fingerprint density at radius 3 is 2.25 bits per heavy atom. The van der Waals surface area contributed by atoms with Crippen LogP contribution in [-0.4, -0.2) is 34.5 Å². The Bertz CT molecular complexity index is 894. The molecule has 0 unspecified atom stereocenters. The van der Waals surface area contributed by atoms with Crippen molar-refractivity contribution < 1.29 is 27.9 Å². The molecule has 1 aromatic heterocycles. The molecular formula is C19H20F2N2O4S. The zero-order valence-electron chi connectivity index (χ0n) is 15.8. The molecule has 0 aliphatic carbocycles. The number of ketones is 1. The van der Waals surface area contributed by atoms with Crippen molar-refractivity contribution in [3.8, 4) is 0 Å². The number of alkyl halides is 2. The number of halogens is 2. The Balaban J connectivity index is 2.01. The third-order valence-corrected chi connectivity index (χ3v) is 4.72. The molecule has 1 amide bonds. The Morgan fingerprint density at radius 2 is 1.75 bits per heavy atom. The first-order valence-corrected chi connectivity index (χ1v) is 9.25. The van der Waals surface area contributed by atoms with Crippen molar-refractivity contribution >= 4 is 35.1 Å². The number of hydrogen-bond acceptors (Lipinski definition) is 5. The number of hydrogen-bond donors (Lipinski definition) is 2. The van der Waals surface area contributed by atoms with Gasteiger partial charge in [-0.05, 0) is 57.5 Å². The summed E-state index contributed by atoms with van der Waals surface area (Å²) in [7, 11) is 0. The molecule has 2 aromatic rings. The number of esters is 1. The van der Waals surface area contributed by atoms with Crippen molar-refractivity contribution in [3.63, 3.8) is 0 Å². The highest BCUT2D eigenvalue weighted by Gasteiger charge is 2.24. The predicted octanol–water partition coefficient (Wildman–Crippen LogP) is 4.33. The molecule has 150 valence electrons. The largest absolute Gasteiger partial charge is 0.448 e. The number of anilines is 1. The normalized spacial score (nSPS) is 12.0. The van der Waals surface area contributed by atoms with E-state index in [4.69, 9.17) is 4.74 Å². The summed E-state index contributed by atoms with van der Waals surface area (Å²) in [5.74, 6) is -4.03. The quantitative estimate of drug-likeness (QED) is 0.403.